The number of hydrogen-bond acceptors (Lipinski definition) is 4. The van der Waals surface area contributed by atoms with E-state index in [0.717, 1.165) is 4.47 Å². The van der Waals surface area contributed by atoms with Crippen LogP contribution in [-0.4, -0.2) is 22.9 Å². The van der Waals surface area contributed by atoms with Crippen molar-refractivity contribution in [3.05, 3.63) is 52.4 Å². The lowest BCUT2D eigenvalue weighted by molar-refractivity contribution is 0.0988. The number of ether oxygens (including phenoxy) is 1. The Morgan fingerprint density at radius 1 is 1.33 bits per heavy atom. The number of nitrogens with zero attached hydrogens (tertiary/aromatic N) is 2. The number of pyridine rings is 2. The molecule has 0 aliphatic rings. The Bertz CT molecular complexity index is 555. The molecular weight excluding hydrogens is 296 g/mol. The van der Waals surface area contributed by atoms with E-state index < -0.39 is 0 Å². The average Bonchev–Trinajstić information content (AvgIpc) is 2.41. The van der Waals surface area contributed by atoms with E-state index in [0.29, 0.717) is 17.1 Å². The number of methoxy groups -OCH3 is 1. The van der Waals surface area contributed by atoms with Crippen LogP contribution in [0, 0.1) is 0 Å². The molecule has 0 saturated heterocycles. The van der Waals surface area contributed by atoms with Crippen LogP contribution in [0.15, 0.2) is 41.1 Å². The van der Waals surface area contributed by atoms with Gasteiger partial charge in [0.1, 0.15) is 0 Å². The lowest BCUT2D eigenvalue weighted by Crippen LogP contribution is -2.07. The van der Waals surface area contributed by atoms with Crippen molar-refractivity contribution in [1.29, 1.82) is 0 Å². The topological polar surface area (TPSA) is 52.1 Å². The Morgan fingerprint density at radius 3 is 2.83 bits per heavy atom. The zero-order valence-electron chi connectivity index (χ0n) is 9.76. The predicted octanol–water partition coefficient (Wildman–Crippen LogP) is 2.67. The molecular formula is C13H11BrN2O2. The first-order chi connectivity index (χ1) is 8.70. The molecule has 0 unspecified atom stereocenters. The van der Waals surface area contributed by atoms with Crippen LogP contribution in [0.5, 0.6) is 5.88 Å². The van der Waals surface area contributed by atoms with E-state index in [2.05, 4.69) is 25.9 Å². The summed E-state index contributed by atoms with van der Waals surface area (Å²) in [6, 6.07) is 7.08. The first kappa shape index (κ1) is 12.7. The van der Waals surface area contributed by atoms with Gasteiger partial charge in [0.15, 0.2) is 5.78 Å². The highest BCUT2D eigenvalue weighted by Crippen LogP contribution is 2.16. The monoisotopic (exact) mass is 306 g/mol. The molecule has 2 rings (SSSR count). The number of ketones is 1. The first-order valence-corrected chi connectivity index (χ1v) is 6.12. The summed E-state index contributed by atoms with van der Waals surface area (Å²) >= 11 is 3.30. The van der Waals surface area contributed by atoms with Crippen molar-refractivity contribution >= 4 is 21.7 Å². The van der Waals surface area contributed by atoms with Gasteiger partial charge in [0.25, 0.3) is 0 Å². The number of Topliss-reactive ketones (excluding diaryl/α,β-unsaturated/α-hetero) is 1. The average molecular weight is 307 g/mol. The van der Waals surface area contributed by atoms with Gasteiger partial charge in [-0.05, 0) is 40.2 Å². The van der Waals surface area contributed by atoms with Crippen molar-refractivity contribution in [2.75, 3.05) is 7.11 Å². The molecule has 5 heteroatoms. The minimum Gasteiger partial charge on any atom is -0.480 e. The third kappa shape index (κ3) is 2.92. The van der Waals surface area contributed by atoms with Crippen molar-refractivity contribution in [3.8, 4) is 5.88 Å². The Balaban J connectivity index is 2.19. The molecule has 0 amide bonds. The molecule has 4 nitrogen and oxygen atoms in total. The third-order valence-electron chi connectivity index (χ3n) is 2.40. The maximum Gasteiger partial charge on any atom is 0.224 e. The Labute approximate surface area is 113 Å². The number of aromatic nitrogens is 2. The van der Waals surface area contributed by atoms with Crippen molar-refractivity contribution in [2.24, 2.45) is 0 Å². The Hall–Kier alpha value is -1.75. The molecule has 2 aromatic rings. The quantitative estimate of drug-likeness (QED) is 0.815. The van der Waals surface area contributed by atoms with E-state index in [1.165, 1.54) is 7.11 Å². The Morgan fingerprint density at radius 2 is 2.17 bits per heavy atom. The standard InChI is InChI=1S/C13H11BrN2O2/c1-18-13-11(3-2-6-15-13)12(17)7-10-5-4-9(14)8-16-10/h2-6,8H,7H2,1H3. The van der Waals surface area contributed by atoms with Crippen molar-refractivity contribution in [2.45, 2.75) is 6.42 Å². The fourth-order valence-electron chi connectivity index (χ4n) is 1.54. The number of hydrogen-bond donors (Lipinski definition) is 0. The molecule has 0 saturated carbocycles. The molecule has 2 heterocycles. The fraction of sp³-hybridized carbons (Fsp3) is 0.154. The predicted molar refractivity (Wildman–Crippen MR) is 70.8 cm³/mol. The molecule has 0 aliphatic heterocycles. The minimum absolute atomic E-state index is 0.0604. The van der Waals surface area contributed by atoms with Gasteiger partial charge in [-0.1, -0.05) is 0 Å². The van der Waals surface area contributed by atoms with Gasteiger partial charge in [0.2, 0.25) is 5.88 Å². The Kier molecular flexibility index (Phi) is 4.04. The zero-order chi connectivity index (χ0) is 13.0. The van der Waals surface area contributed by atoms with E-state index in [1.54, 1.807) is 24.5 Å². The normalized spacial score (nSPS) is 10.1. The molecule has 0 bridgehead atoms. The van der Waals surface area contributed by atoms with Gasteiger partial charge in [-0.2, -0.15) is 0 Å². The molecule has 0 aromatic carbocycles. The van der Waals surface area contributed by atoms with Gasteiger partial charge in [-0.15, -0.1) is 0 Å². The highest BCUT2D eigenvalue weighted by atomic mass is 79.9. The second-order valence-electron chi connectivity index (χ2n) is 3.63. The second kappa shape index (κ2) is 5.73. The van der Waals surface area contributed by atoms with Crippen LogP contribution in [0.25, 0.3) is 0 Å². The minimum atomic E-state index is -0.0604. The number of halogens is 1. The summed E-state index contributed by atoms with van der Waals surface area (Å²) in [7, 11) is 1.50. The van der Waals surface area contributed by atoms with Crippen LogP contribution in [0.3, 0.4) is 0 Å². The van der Waals surface area contributed by atoms with Gasteiger partial charge in [-0.25, -0.2) is 4.98 Å². The lowest BCUT2D eigenvalue weighted by Gasteiger charge is -2.05. The van der Waals surface area contributed by atoms with Crippen LogP contribution >= 0.6 is 15.9 Å². The maximum atomic E-state index is 12.1. The highest BCUT2D eigenvalue weighted by Gasteiger charge is 2.13. The first-order valence-electron chi connectivity index (χ1n) is 5.33. The summed E-state index contributed by atoms with van der Waals surface area (Å²) < 4.78 is 5.95. The molecule has 18 heavy (non-hydrogen) atoms. The maximum absolute atomic E-state index is 12.1. The van der Waals surface area contributed by atoms with Crippen molar-refractivity contribution in [3.63, 3.8) is 0 Å². The van der Waals surface area contributed by atoms with E-state index in [4.69, 9.17) is 4.74 Å². The summed E-state index contributed by atoms with van der Waals surface area (Å²) in [5, 5.41) is 0. The van der Waals surface area contributed by atoms with Crippen LogP contribution in [-0.2, 0) is 6.42 Å². The van der Waals surface area contributed by atoms with Crippen molar-refractivity contribution in [1.82, 2.24) is 9.97 Å². The second-order valence-corrected chi connectivity index (χ2v) is 4.54. The number of rotatable bonds is 4. The molecule has 0 fully saturated rings. The van der Waals surface area contributed by atoms with E-state index >= 15 is 0 Å². The smallest absolute Gasteiger partial charge is 0.224 e. The van der Waals surface area contributed by atoms with Gasteiger partial charge < -0.3 is 4.74 Å². The van der Waals surface area contributed by atoms with Gasteiger partial charge >= 0.3 is 0 Å². The summed E-state index contributed by atoms with van der Waals surface area (Å²) in [6.07, 6.45) is 3.49. The van der Waals surface area contributed by atoms with Crippen molar-refractivity contribution < 1.29 is 9.53 Å². The molecule has 92 valence electrons. The van der Waals surface area contributed by atoms with Gasteiger partial charge in [-0.3, -0.25) is 9.78 Å². The van der Waals surface area contributed by atoms with E-state index in [-0.39, 0.29) is 12.2 Å². The lowest BCUT2D eigenvalue weighted by atomic mass is 10.1. The number of carbonyl (C=O) groups is 1. The fourth-order valence-corrected chi connectivity index (χ4v) is 1.77. The molecule has 0 N–H and O–H groups in total. The van der Waals surface area contributed by atoms with Gasteiger partial charge in [0, 0.05) is 22.6 Å². The zero-order valence-corrected chi connectivity index (χ0v) is 11.3. The van der Waals surface area contributed by atoms with E-state index in [1.807, 2.05) is 12.1 Å². The van der Waals surface area contributed by atoms with Gasteiger partial charge in [0.05, 0.1) is 19.1 Å². The third-order valence-corrected chi connectivity index (χ3v) is 2.86. The molecule has 0 spiro atoms. The van der Waals surface area contributed by atoms with Crippen LogP contribution in [0.2, 0.25) is 0 Å². The molecule has 0 atom stereocenters. The SMILES string of the molecule is COc1ncccc1C(=O)Cc1ccc(Br)cn1. The molecule has 0 radical (unpaired) electrons. The summed E-state index contributed by atoms with van der Waals surface area (Å²) in [5.41, 5.74) is 1.19. The summed E-state index contributed by atoms with van der Waals surface area (Å²) in [4.78, 5) is 20.3. The number of carbonyl (C=O) groups excluding carboxylic acids is 1. The van der Waals surface area contributed by atoms with Crippen LogP contribution in [0.1, 0.15) is 16.1 Å². The largest absolute Gasteiger partial charge is 0.480 e. The summed E-state index contributed by atoms with van der Waals surface area (Å²) in [5.74, 6) is 0.286. The highest BCUT2D eigenvalue weighted by molar-refractivity contribution is 9.10. The molecule has 2 aromatic heterocycles. The van der Waals surface area contributed by atoms with Crippen LogP contribution in [0.4, 0.5) is 0 Å². The van der Waals surface area contributed by atoms with E-state index in [9.17, 15) is 4.79 Å². The summed E-state index contributed by atoms with van der Waals surface area (Å²) in [6.45, 7) is 0. The molecule has 0 aliphatic carbocycles. The van der Waals surface area contributed by atoms with Crippen LogP contribution < -0.4 is 4.74 Å².